The Bertz CT molecular complexity index is 510. The molecule has 0 radical (unpaired) electrons. The van der Waals surface area contributed by atoms with Crippen molar-refractivity contribution in [2.45, 2.75) is 26.4 Å². The van der Waals surface area contributed by atoms with Gasteiger partial charge >= 0.3 is 0 Å². The third-order valence-corrected chi connectivity index (χ3v) is 3.52. The van der Waals surface area contributed by atoms with Gasteiger partial charge in [-0.1, -0.05) is 0 Å². The van der Waals surface area contributed by atoms with Gasteiger partial charge in [-0.15, -0.1) is 0 Å². The number of pyridine rings is 2. The molecule has 0 fully saturated rings. The van der Waals surface area contributed by atoms with Gasteiger partial charge in [0, 0.05) is 31.5 Å². The van der Waals surface area contributed by atoms with E-state index in [0.717, 1.165) is 24.5 Å². The fourth-order valence-corrected chi connectivity index (χ4v) is 2.08. The van der Waals surface area contributed by atoms with Crippen LogP contribution in [0.2, 0.25) is 0 Å². The van der Waals surface area contributed by atoms with Crippen LogP contribution < -0.4 is 10.2 Å². The number of nitrogens with zero attached hydrogens (tertiary/aromatic N) is 3. The van der Waals surface area contributed by atoms with E-state index in [1.807, 2.05) is 37.8 Å². The predicted octanol–water partition coefficient (Wildman–Crippen LogP) is 2.78. The monoisotopic (exact) mass is 270 g/mol. The highest BCUT2D eigenvalue weighted by Gasteiger charge is 2.08. The summed E-state index contributed by atoms with van der Waals surface area (Å²) in [7, 11) is 1.95. The van der Waals surface area contributed by atoms with E-state index in [-0.39, 0.29) is 6.04 Å². The van der Waals surface area contributed by atoms with Crippen LogP contribution in [0.4, 0.5) is 5.69 Å². The lowest BCUT2D eigenvalue weighted by atomic mass is 10.2. The lowest BCUT2D eigenvalue weighted by molar-refractivity contribution is 0.632. The normalized spacial score (nSPS) is 12.2. The van der Waals surface area contributed by atoms with Crippen LogP contribution in [-0.4, -0.2) is 23.6 Å². The first-order valence-electron chi connectivity index (χ1n) is 7.01. The lowest BCUT2D eigenvalue weighted by Crippen LogP contribution is -2.22. The quantitative estimate of drug-likeness (QED) is 0.876. The van der Waals surface area contributed by atoms with Crippen LogP contribution in [0.3, 0.4) is 0 Å². The summed E-state index contributed by atoms with van der Waals surface area (Å²) in [5, 5.41) is 3.20. The van der Waals surface area contributed by atoms with Crippen molar-refractivity contribution in [1.82, 2.24) is 15.3 Å². The van der Waals surface area contributed by atoms with Crippen molar-refractivity contribution in [2.24, 2.45) is 0 Å². The van der Waals surface area contributed by atoms with E-state index in [1.54, 1.807) is 0 Å². The summed E-state index contributed by atoms with van der Waals surface area (Å²) in [5.41, 5.74) is 3.47. The molecule has 0 saturated heterocycles. The van der Waals surface area contributed by atoms with Gasteiger partial charge in [-0.3, -0.25) is 9.97 Å². The summed E-state index contributed by atoms with van der Waals surface area (Å²) in [6.45, 7) is 6.09. The molecule has 106 valence electrons. The Kier molecular flexibility index (Phi) is 5.07. The third-order valence-electron chi connectivity index (χ3n) is 3.52. The van der Waals surface area contributed by atoms with E-state index in [2.05, 4.69) is 46.2 Å². The van der Waals surface area contributed by atoms with Gasteiger partial charge in [0.2, 0.25) is 0 Å². The van der Waals surface area contributed by atoms with E-state index < -0.39 is 0 Å². The Morgan fingerprint density at radius 1 is 1.20 bits per heavy atom. The van der Waals surface area contributed by atoms with E-state index in [1.165, 1.54) is 5.56 Å². The van der Waals surface area contributed by atoms with Gasteiger partial charge in [0.1, 0.15) is 0 Å². The Morgan fingerprint density at radius 2 is 1.95 bits per heavy atom. The van der Waals surface area contributed by atoms with Crippen LogP contribution in [0, 0.1) is 0 Å². The molecule has 1 unspecified atom stereocenters. The lowest BCUT2D eigenvalue weighted by Gasteiger charge is -2.23. The molecule has 2 aromatic rings. The van der Waals surface area contributed by atoms with Gasteiger partial charge in [-0.05, 0) is 50.7 Å². The molecule has 2 rings (SSSR count). The highest BCUT2D eigenvalue weighted by atomic mass is 15.1. The minimum absolute atomic E-state index is 0.277. The fourth-order valence-electron chi connectivity index (χ4n) is 2.08. The average molecular weight is 270 g/mol. The van der Waals surface area contributed by atoms with E-state index in [9.17, 15) is 0 Å². The second-order valence-electron chi connectivity index (χ2n) is 4.82. The van der Waals surface area contributed by atoms with Crippen LogP contribution in [0.1, 0.15) is 31.1 Å². The van der Waals surface area contributed by atoms with Gasteiger partial charge in [0.15, 0.2) is 0 Å². The molecule has 0 aromatic carbocycles. The van der Waals surface area contributed by atoms with Crippen LogP contribution in [-0.2, 0) is 6.54 Å². The van der Waals surface area contributed by atoms with Crippen molar-refractivity contribution in [2.75, 3.05) is 18.5 Å². The maximum Gasteiger partial charge on any atom is 0.0571 e. The van der Waals surface area contributed by atoms with Crippen LogP contribution in [0.25, 0.3) is 0 Å². The molecule has 4 heteroatoms. The average Bonchev–Trinajstić information content (AvgIpc) is 2.53. The summed E-state index contributed by atoms with van der Waals surface area (Å²) in [5.74, 6) is 0. The number of nitrogens with one attached hydrogen (secondary N) is 1. The molecule has 1 atom stereocenters. The number of aromatic nitrogens is 2. The maximum atomic E-state index is 4.54. The van der Waals surface area contributed by atoms with Gasteiger partial charge < -0.3 is 10.2 Å². The van der Waals surface area contributed by atoms with Gasteiger partial charge in [0.25, 0.3) is 0 Å². The molecule has 20 heavy (non-hydrogen) atoms. The Labute approximate surface area is 120 Å². The summed E-state index contributed by atoms with van der Waals surface area (Å²) in [6, 6.07) is 8.60. The third kappa shape index (κ3) is 3.54. The standard InChI is InChI=1S/C16H22N4/c1-4-20(12-14-7-9-18-10-8-14)15-5-6-16(19-11-15)13(2)17-3/h5-11,13,17H,4,12H2,1-3H3. The summed E-state index contributed by atoms with van der Waals surface area (Å²) in [6.07, 6.45) is 5.62. The molecule has 4 nitrogen and oxygen atoms in total. The van der Waals surface area contributed by atoms with Crippen molar-refractivity contribution < 1.29 is 0 Å². The maximum absolute atomic E-state index is 4.54. The van der Waals surface area contributed by atoms with Crippen LogP contribution in [0.15, 0.2) is 42.9 Å². The van der Waals surface area contributed by atoms with Crippen LogP contribution in [0.5, 0.6) is 0 Å². The summed E-state index contributed by atoms with van der Waals surface area (Å²) in [4.78, 5) is 10.9. The first kappa shape index (κ1) is 14.5. The second kappa shape index (κ2) is 7.01. The van der Waals surface area contributed by atoms with Gasteiger partial charge in [0.05, 0.1) is 17.6 Å². The summed E-state index contributed by atoms with van der Waals surface area (Å²) >= 11 is 0. The van der Waals surface area contributed by atoms with Gasteiger partial charge in [-0.2, -0.15) is 0 Å². The van der Waals surface area contributed by atoms with Gasteiger partial charge in [-0.25, -0.2) is 0 Å². The molecule has 0 amide bonds. The zero-order valence-corrected chi connectivity index (χ0v) is 12.4. The Morgan fingerprint density at radius 3 is 2.50 bits per heavy atom. The molecule has 1 N–H and O–H groups in total. The number of hydrogen-bond donors (Lipinski definition) is 1. The van der Waals surface area contributed by atoms with Crippen molar-refractivity contribution >= 4 is 5.69 Å². The minimum Gasteiger partial charge on any atom is -0.366 e. The Hall–Kier alpha value is -1.94. The number of anilines is 1. The summed E-state index contributed by atoms with van der Waals surface area (Å²) < 4.78 is 0. The fraction of sp³-hybridized carbons (Fsp3) is 0.375. The predicted molar refractivity (Wildman–Crippen MR) is 82.7 cm³/mol. The molecular formula is C16H22N4. The second-order valence-corrected chi connectivity index (χ2v) is 4.82. The number of rotatable bonds is 6. The van der Waals surface area contributed by atoms with E-state index in [4.69, 9.17) is 0 Å². The molecule has 2 heterocycles. The zero-order valence-electron chi connectivity index (χ0n) is 12.4. The highest BCUT2D eigenvalue weighted by molar-refractivity contribution is 5.45. The molecule has 0 saturated carbocycles. The van der Waals surface area contributed by atoms with Crippen molar-refractivity contribution in [3.63, 3.8) is 0 Å². The SMILES string of the molecule is CCN(Cc1ccncc1)c1ccc(C(C)NC)nc1. The minimum atomic E-state index is 0.277. The molecule has 0 aliphatic rings. The smallest absolute Gasteiger partial charge is 0.0571 e. The van der Waals surface area contributed by atoms with Crippen LogP contribution >= 0.6 is 0 Å². The first-order valence-corrected chi connectivity index (χ1v) is 7.01. The topological polar surface area (TPSA) is 41.1 Å². The first-order chi connectivity index (χ1) is 9.74. The largest absolute Gasteiger partial charge is 0.366 e. The van der Waals surface area contributed by atoms with Crippen molar-refractivity contribution in [3.05, 3.63) is 54.1 Å². The number of hydrogen-bond acceptors (Lipinski definition) is 4. The molecule has 0 bridgehead atoms. The molecule has 0 aliphatic carbocycles. The van der Waals surface area contributed by atoms with Crippen molar-refractivity contribution in [1.29, 1.82) is 0 Å². The Balaban J connectivity index is 2.11. The van der Waals surface area contributed by atoms with Crippen molar-refractivity contribution in [3.8, 4) is 0 Å². The van der Waals surface area contributed by atoms with E-state index >= 15 is 0 Å². The molecular weight excluding hydrogens is 248 g/mol. The van der Waals surface area contributed by atoms with E-state index in [0.29, 0.717) is 0 Å². The zero-order chi connectivity index (χ0) is 14.4. The highest BCUT2D eigenvalue weighted by Crippen LogP contribution is 2.18. The molecule has 0 aliphatic heterocycles. The molecule has 0 spiro atoms. The molecule has 2 aromatic heterocycles.